The number of rotatable bonds is 4. The quantitative estimate of drug-likeness (QED) is 0.597. The normalized spacial score (nSPS) is 11.7. The third-order valence-corrected chi connectivity index (χ3v) is 2.74. The molecule has 0 atom stereocenters. The van der Waals surface area contributed by atoms with Gasteiger partial charge in [0.2, 0.25) is 0 Å². The maximum atomic E-state index is 11.7. The van der Waals surface area contributed by atoms with Gasteiger partial charge in [-0.25, -0.2) is 4.79 Å². The van der Waals surface area contributed by atoms with Crippen molar-refractivity contribution >= 4 is 5.97 Å². The molecule has 0 spiro atoms. The van der Waals surface area contributed by atoms with E-state index in [4.69, 9.17) is 9.78 Å². The summed E-state index contributed by atoms with van der Waals surface area (Å²) in [6.45, 7) is 10.1. The summed E-state index contributed by atoms with van der Waals surface area (Å²) in [6.07, 6.45) is 1.39. The molecular formula is C15H21O3. The smallest absolute Gasteiger partial charge is 0.292 e. The zero-order valence-electron chi connectivity index (χ0n) is 11.7. The molecule has 0 aliphatic heterocycles. The van der Waals surface area contributed by atoms with Gasteiger partial charge in [0.15, 0.2) is 0 Å². The first-order valence-electron chi connectivity index (χ1n) is 6.16. The second-order valence-electron chi connectivity index (χ2n) is 5.34. The standard InChI is InChI=1S/C15H21O3/c1-6-11(2)17-18-14(16)12-7-9-13(10-8-12)15(3,4)5/h7-10H,6H2,1-5H3. The van der Waals surface area contributed by atoms with Gasteiger partial charge in [0, 0.05) is 0 Å². The van der Waals surface area contributed by atoms with Crippen LogP contribution in [0.15, 0.2) is 24.3 Å². The molecule has 0 amide bonds. The molecule has 0 N–H and O–H groups in total. The first-order chi connectivity index (χ1) is 8.34. The predicted octanol–water partition coefficient (Wildman–Crippen LogP) is 4.03. The molecule has 3 nitrogen and oxygen atoms in total. The van der Waals surface area contributed by atoms with E-state index in [1.165, 1.54) is 5.56 Å². The topological polar surface area (TPSA) is 35.5 Å². The molecule has 0 fully saturated rings. The van der Waals surface area contributed by atoms with Crippen LogP contribution in [-0.4, -0.2) is 5.97 Å². The van der Waals surface area contributed by atoms with E-state index in [9.17, 15) is 4.79 Å². The maximum absolute atomic E-state index is 11.7. The Morgan fingerprint density at radius 3 is 2.11 bits per heavy atom. The number of benzene rings is 1. The summed E-state index contributed by atoms with van der Waals surface area (Å²) in [6, 6.07) is 7.39. The summed E-state index contributed by atoms with van der Waals surface area (Å²) < 4.78 is 0. The Balaban J connectivity index is 2.65. The van der Waals surface area contributed by atoms with Gasteiger partial charge in [-0.2, -0.15) is 4.89 Å². The van der Waals surface area contributed by atoms with E-state index in [0.717, 1.165) is 6.42 Å². The van der Waals surface area contributed by atoms with Crippen molar-refractivity contribution in [1.29, 1.82) is 0 Å². The summed E-state index contributed by atoms with van der Waals surface area (Å²) in [5.41, 5.74) is 1.74. The van der Waals surface area contributed by atoms with Crippen LogP contribution in [0.25, 0.3) is 0 Å². The lowest BCUT2D eigenvalue weighted by Crippen LogP contribution is -2.12. The van der Waals surface area contributed by atoms with E-state index in [0.29, 0.717) is 11.7 Å². The summed E-state index contributed by atoms with van der Waals surface area (Å²) in [7, 11) is 0. The highest BCUT2D eigenvalue weighted by Gasteiger charge is 2.15. The van der Waals surface area contributed by atoms with Crippen molar-refractivity contribution in [1.82, 2.24) is 0 Å². The molecule has 99 valence electrons. The molecule has 18 heavy (non-hydrogen) atoms. The Kier molecular flexibility index (Phi) is 4.91. The SMILES string of the molecule is CC[C](C)OOC(=O)c1ccc(C(C)(C)C)cc1. The van der Waals surface area contributed by atoms with Crippen molar-refractivity contribution in [2.75, 3.05) is 0 Å². The third kappa shape index (κ3) is 4.15. The monoisotopic (exact) mass is 249 g/mol. The number of hydrogen-bond donors (Lipinski definition) is 0. The predicted molar refractivity (Wildman–Crippen MR) is 70.9 cm³/mol. The zero-order valence-corrected chi connectivity index (χ0v) is 11.7. The fraction of sp³-hybridized carbons (Fsp3) is 0.467. The molecule has 1 aromatic rings. The lowest BCUT2D eigenvalue weighted by molar-refractivity contribution is -0.232. The van der Waals surface area contributed by atoms with Crippen molar-refractivity contribution in [3.05, 3.63) is 41.5 Å². The Labute approximate surface area is 109 Å². The third-order valence-electron chi connectivity index (χ3n) is 2.74. The van der Waals surface area contributed by atoms with E-state index in [-0.39, 0.29) is 5.41 Å². The second-order valence-corrected chi connectivity index (χ2v) is 5.34. The molecule has 0 aromatic heterocycles. The van der Waals surface area contributed by atoms with Crippen LogP contribution in [-0.2, 0) is 15.2 Å². The molecule has 0 aliphatic rings. The summed E-state index contributed by atoms with van der Waals surface area (Å²) in [5, 5.41) is 0. The van der Waals surface area contributed by atoms with Crippen LogP contribution < -0.4 is 0 Å². The average molecular weight is 249 g/mol. The molecule has 0 saturated heterocycles. The Morgan fingerprint density at radius 1 is 1.11 bits per heavy atom. The second kappa shape index (κ2) is 6.01. The van der Waals surface area contributed by atoms with Gasteiger partial charge in [0.05, 0.1) is 5.56 Å². The van der Waals surface area contributed by atoms with Crippen LogP contribution in [0.1, 0.15) is 57.0 Å². The van der Waals surface area contributed by atoms with E-state index in [1.54, 1.807) is 19.1 Å². The van der Waals surface area contributed by atoms with Crippen molar-refractivity contribution in [2.24, 2.45) is 0 Å². The number of carbonyl (C=O) groups excluding carboxylic acids is 1. The fourth-order valence-corrected chi connectivity index (χ4v) is 1.32. The van der Waals surface area contributed by atoms with Gasteiger partial charge in [0.1, 0.15) is 6.10 Å². The Bertz CT molecular complexity index is 387. The number of carbonyl (C=O) groups is 1. The molecule has 0 bridgehead atoms. The molecule has 0 heterocycles. The van der Waals surface area contributed by atoms with Crippen LogP contribution in [0.4, 0.5) is 0 Å². The van der Waals surface area contributed by atoms with Gasteiger partial charge < -0.3 is 0 Å². The molecule has 0 aliphatic carbocycles. The first-order valence-corrected chi connectivity index (χ1v) is 6.16. The first kappa shape index (κ1) is 14.7. The van der Waals surface area contributed by atoms with E-state index >= 15 is 0 Å². The maximum Gasteiger partial charge on any atom is 0.373 e. The van der Waals surface area contributed by atoms with Crippen LogP contribution in [0, 0.1) is 6.10 Å². The Hall–Kier alpha value is -1.35. The van der Waals surface area contributed by atoms with E-state index in [1.807, 2.05) is 19.1 Å². The number of hydrogen-bond acceptors (Lipinski definition) is 3. The molecular weight excluding hydrogens is 228 g/mol. The highest BCUT2D eigenvalue weighted by atomic mass is 17.2. The molecule has 0 unspecified atom stereocenters. The van der Waals surface area contributed by atoms with Crippen LogP contribution in [0.5, 0.6) is 0 Å². The molecule has 3 heteroatoms. The zero-order chi connectivity index (χ0) is 13.8. The van der Waals surface area contributed by atoms with Gasteiger partial charge in [0.25, 0.3) is 0 Å². The minimum Gasteiger partial charge on any atom is -0.292 e. The van der Waals surface area contributed by atoms with Crippen molar-refractivity contribution in [2.45, 2.75) is 46.5 Å². The van der Waals surface area contributed by atoms with Crippen LogP contribution in [0.2, 0.25) is 0 Å². The molecule has 1 radical (unpaired) electrons. The average Bonchev–Trinajstić information content (AvgIpc) is 2.34. The lowest BCUT2D eigenvalue weighted by Gasteiger charge is -2.18. The van der Waals surface area contributed by atoms with E-state index < -0.39 is 5.97 Å². The van der Waals surface area contributed by atoms with Crippen molar-refractivity contribution < 1.29 is 14.6 Å². The van der Waals surface area contributed by atoms with Gasteiger partial charge in [-0.3, -0.25) is 4.89 Å². The molecule has 0 saturated carbocycles. The van der Waals surface area contributed by atoms with Gasteiger partial charge in [-0.15, -0.1) is 0 Å². The summed E-state index contributed by atoms with van der Waals surface area (Å²) in [4.78, 5) is 21.3. The van der Waals surface area contributed by atoms with Crippen molar-refractivity contribution in [3.63, 3.8) is 0 Å². The lowest BCUT2D eigenvalue weighted by atomic mass is 9.87. The van der Waals surface area contributed by atoms with Crippen LogP contribution in [0.3, 0.4) is 0 Å². The largest absolute Gasteiger partial charge is 0.373 e. The highest BCUT2D eigenvalue weighted by Crippen LogP contribution is 2.22. The molecule has 1 rings (SSSR count). The van der Waals surface area contributed by atoms with Gasteiger partial charge >= 0.3 is 5.97 Å². The Morgan fingerprint density at radius 2 is 1.67 bits per heavy atom. The van der Waals surface area contributed by atoms with Gasteiger partial charge in [-0.05, 0) is 36.5 Å². The molecule has 1 aromatic carbocycles. The van der Waals surface area contributed by atoms with E-state index in [2.05, 4.69) is 20.8 Å². The minimum atomic E-state index is -0.469. The summed E-state index contributed by atoms with van der Waals surface area (Å²) in [5.74, 6) is -0.469. The summed E-state index contributed by atoms with van der Waals surface area (Å²) >= 11 is 0. The van der Waals surface area contributed by atoms with Crippen LogP contribution >= 0.6 is 0 Å². The van der Waals surface area contributed by atoms with Gasteiger partial charge in [-0.1, -0.05) is 39.8 Å². The van der Waals surface area contributed by atoms with Crippen molar-refractivity contribution in [3.8, 4) is 0 Å². The fourth-order valence-electron chi connectivity index (χ4n) is 1.32. The minimum absolute atomic E-state index is 0.0749. The highest BCUT2D eigenvalue weighted by molar-refractivity contribution is 5.89.